The number of nitrogens with zero attached hydrogens (tertiary/aromatic N) is 1. The van der Waals surface area contributed by atoms with Crippen LogP contribution < -0.4 is 0 Å². The first-order chi connectivity index (χ1) is 9.10. The molecule has 0 fully saturated rings. The minimum atomic E-state index is -0.521. The lowest BCUT2D eigenvalue weighted by molar-refractivity contribution is -0.126. The molecule has 4 nitrogen and oxygen atoms in total. The molecule has 0 aliphatic heterocycles. The molecule has 0 saturated heterocycles. The number of hydrogen-bond donors (Lipinski definition) is 2. The maximum absolute atomic E-state index is 13.5. The first-order valence-electron chi connectivity index (χ1n) is 5.73. The van der Waals surface area contributed by atoms with Gasteiger partial charge in [-0.3, -0.25) is 4.79 Å². The highest BCUT2D eigenvalue weighted by Gasteiger charge is 2.10. The van der Waals surface area contributed by atoms with Gasteiger partial charge in [0.15, 0.2) is 0 Å². The van der Waals surface area contributed by atoms with Crippen molar-refractivity contribution in [1.82, 2.24) is 4.90 Å². The molecule has 0 heterocycles. The molecule has 0 bridgehead atoms. The predicted octanol–water partition coefficient (Wildman–Crippen LogP) is 1.31. The van der Waals surface area contributed by atoms with Gasteiger partial charge in [0.25, 0.3) is 0 Å². The number of carbonyl (C=O) groups excluding carboxylic acids is 1. The second-order valence-electron chi connectivity index (χ2n) is 3.74. The highest BCUT2D eigenvalue weighted by atomic mass is 35.5. The van der Waals surface area contributed by atoms with Crippen molar-refractivity contribution in [3.8, 4) is 0 Å². The third-order valence-electron chi connectivity index (χ3n) is 2.44. The van der Waals surface area contributed by atoms with E-state index in [1.165, 1.54) is 29.2 Å². The number of halogens is 2. The third-order valence-corrected chi connectivity index (χ3v) is 2.77. The Kier molecular flexibility index (Phi) is 6.49. The maximum Gasteiger partial charge on any atom is 0.246 e. The zero-order valence-corrected chi connectivity index (χ0v) is 11.0. The molecule has 104 valence electrons. The summed E-state index contributed by atoms with van der Waals surface area (Å²) in [5.74, 6) is -0.949. The van der Waals surface area contributed by atoms with Gasteiger partial charge in [0, 0.05) is 24.7 Å². The van der Waals surface area contributed by atoms with Crippen LogP contribution in [0.5, 0.6) is 0 Å². The molecule has 19 heavy (non-hydrogen) atoms. The molecular weight excluding hydrogens is 273 g/mol. The lowest BCUT2D eigenvalue weighted by atomic mass is 10.2. The van der Waals surface area contributed by atoms with E-state index in [2.05, 4.69) is 0 Å². The van der Waals surface area contributed by atoms with Crippen molar-refractivity contribution in [2.45, 2.75) is 0 Å². The van der Waals surface area contributed by atoms with Crippen molar-refractivity contribution in [2.75, 3.05) is 26.3 Å². The number of rotatable bonds is 6. The van der Waals surface area contributed by atoms with E-state index in [4.69, 9.17) is 21.8 Å². The van der Waals surface area contributed by atoms with E-state index in [1.807, 2.05) is 0 Å². The maximum atomic E-state index is 13.5. The molecule has 1 rings (SSSR count). The summed E-state index contributed by atoms with van der Waals surface area (Å²) in [4.78, 5) is 13.0. The number of benzene rings is 1. The van der Waals surface area contributed by atoms with Crippen LogP contribution in [0.1, 0.15) is 5.56 Å². The van der Waals surface area contributed by atoms with E-state index in [9.17, 15) is 9.18 Å². The topological polar surface area (TPSA) is 60.8 Å². The summed E-state index contributed by atoms with van der Waals surface area (Å²) in [6.07, 6.45) is 2.44. The standard InChI is InChI=1S/C13H15ClFNO3/c14-11-2-1-3-12(15)10(11)4-5-13(19)16(6-8-17)7-9-18/h1-5,17-18H,6-9H2. The Labute approximate surface area is 115 Å². The molecule has 1 amide bonds. The molecule has 0 spiro atoms. The van der Waals surface area contributed by atoms with Crippen LogP contribution in [0.4, 0.5) is 4.39 Å². The Balaban J connectivity index is 2.82. The Morgan fingerprint density at radius 3 is 2.47 bits per heavy atom. The molecule has 2 N–H and O–H groups in total. The van der Waals surface area contributed by atoms with Crippen LogP contribution in [0, 0.1) is 5.82 Å². The van der Waals surface area contributed by atoms with Gasteiger partial charge in [-0.1, -0.05) is 17.7 Å². The second kappa shape index (κ2) is 7.89. The summed E-state index contributed by atoms with van der Waals surface area (Å²) in [6, 6.07) is 4.24. The summed E-state index contributed by atoms with van der Waals surface area (Å²) in [5.41, 5.74) is 0.130. The number of carbonyl (C=O) groups is 1. The van der Waals surface area contributed by atoms with Crippen molar-refractivity contribution in [2.24, 2.45) is 0 Å². The Hall–Kier alpha value is -1.43. The number of amides is 1. The summed E-state index contributed by atoms with van der Waals surface area (Å²) in [6.45, 7) is -0.205. The van der Waals surface area contributed by atoms with Crippen molar-refractivity contribution in [3.05, 3.63) is 40.7 Å². The average Bonchev–Trinajstić information content (AvgIpc) is 2.37. The normalized spacial score (nSPS) is 10.9. The lowest BCUT2D eigenvalue weighted by Gasteiger charge is -2.18. The van der Waals surface area contributed by atoms with Crippen molar-refractivity contribution >= 4 is 23.6 Å². The number of hydrogen-bond acceptors (Lipinski definition) is 3. The SMILES string of the molecule is O=C(C=Cc1c(F)cccc1Cl)N(CCO)CCO. The summed E-state index contributed by atoms with van der Waals surface area (Å²) in [5, 5.41) is 17.8. The molecule has 1 aromatic carbocycles. The fourth-order valence-electron chi connectivity index (χ4n) is 1.50. The summed E-state index contributed by atoms with van der Waals surface area (Å²) >= 11 is 5.82. The summed E-state index contributed by atoms with van der Waals surface area (Å²) in [7, 11) is 0. The van der Waals surface area contributed by atoms with E-state index >= 15 is 0 Å². The lowest BCUT2D eigenvalue weighted by Crippen LogP contribution is -2.34. The van der Waals surface area contributed by atoms with Crippen LogP contribution in [-0.2, 0) is 4.79 Å². The largest absolute Gasteiger partial charge is 0.395 e. The van der Waals surface area contributed by atoms with Crippen LogP contribution in [0.2, 0.25) is 5.02 Å². The molecule has 0 saturated carbocycles. The fraction of sp³-hybridized carbons (Fsp3) is 0.308. The van der Waals surface area contributed by atoms with E-state index in [-0.39, 0.29) is 36.9 Å². The van der Waals surface area contributed by atoms with E-state index in [0.29, 0.717) is 0 Å². The van der Waals surface area contributed by atoms with Gasteiger partial charge in [-0.25, -0.2) is 4.39 Å². The average molecular weight is 288 g/mol. The van der Waals surface area contributed by atoms with Gasteiger partial charge in [0.2, 0.25) is 5.91 Å². The van der Waals surface area contributed by atoms with Crippen LogP contribution in [0.15, 0.2) is 24.3 Å². The predicted molar refractivity (Wildman–Crippen MR) is 71.2 cm³/mol. The first-order valence-corrected chi connectivity index (χ1v) is 6.10. The van der Waals surface area contributed by atoms with Crippen molar-refractivity contribution < 1.29 is 19.4 Å². The molecule has 0 radical (unpaired) electrons. The van der Waals surface area contributed by atoms with Gasteiger partial charge in [-0.15, -0.1) is 0 Å². The van der Waals surface area contributed by atoms with Gasteiger partial charge in [-0.05, 0) is 18.2 Å². The molecule has 6 heteroatoms. The van der Waals surface area contributed by atoms with Crippen LogP contribution >= 0.6 is 11.6 Å². The molecule has 0 aromatic heterocycles. The van der Waals surface area contributed by atoms with Gasteiger partial charge in [-0.2, -0.15) is 0 Å². The zero-order chi connectivity index (χ0) is 14.3. The van der Waals surface area contributed by atoms with Crippen molar-refractivity contribution in [3.63, 3.8) is 0 Å². The third kappa shape index (κ3) is 4.63. The van der Waals surface area contributed by atoms with E-state index < -0.39 is 11.7 Å². The monoisotopic (exact) mass is 287 g/mol. The Morgan fingerprint density at radius 2 is 1.95 bits per heavy atom. The Morgan fingerprint density at radius 1 is 1.32 bits per heavy atom. The van der Waals surface area contributed by atoms with Gasteiger partial charge < -0.3 is 15.1 Å². The van der Waals surface area contributed by atoms with E-state index in [0.717, 1.165) is 6.08 Å². The summed E-state index contributed by atoms with van der Waals surface area (Å²) < 4.78 is 13.5. The minimum Gasteiger partial charge on any atom is -0.395 e. The van der Waals surface area contributed by atoms with Crippen LogP contribution in [0.25, 0.3) is 6.08 Å². The Bertz CT molecular complexity index is 439. The number of aliphatic hydroxyl groups is 2. The highest BCUT2D eigenvalue weighted by Crippen LogP contribution is 2.20. The van der Waals surface area contributed by atoms with Gasteiger partial charge in [0.1, 0.15) is 5.82 Å². The number of aliphatic hydroxyl groups excluding tert-OH is 2. The molecule has 1 aromatic rings. The van der Waals surface area contributed by atoms with Crippen LogP contribution in [-0.4, -0.2) is 47.3 Å². The smallest absolute Gasteiger partial charge is 0.246 e. The van der Waals surface area contributed by atoms with Gasteiger partial charge in [0.05, 0.1) is 18.2 Å². The fourth-order valence-corrected chi connectivity index (χ4v) is 1.73. The highest BCUT2D eigenvalue weighted by molar-refractivity contribution is 6.32. The minimum absolute atomic E-state index is 0.106. The molecule has 0 atom stereocenters. The first kappa shape index (κ1) is 15.6. The molecular formula is C13H15ClFNO3. The quantitative estimate of drug-likeness (QED) is 0.776. The molecule has 0 unspecified atom stereocenters. The van der Waals surface area contributed by atoms with E-state index in [1.54, 1.807) is 0 Å². The van der Waals surface area contributed by atoms with Gasteiger partial charge >= 0.3 is 0 Å². The van der Waals surface area contributed by atoms with Crippen molar-refractivity contribution in [1.29, 1.82) is 0 Å². The zero-order valence-electron chi connectivity index (χ0n) is 10.2. The van der Waals surface area contributed by atoms with Crippen LogP contribution in [0.3, 0.4) is 0 Å². The molecule has 0 aliphatic rings. The second-order valence-corrected chi connectivity index (χ2v) is 4.15. The molecule has 0 aliphatic carbocycles.